The van der Waals surface area contributed by atoms with Gasteiger partial charge in [-0.25, -0.2) is 22.8 Å². The zero-order valence-corrected chi connectivity index (χ0v) is 13.4. The summed E-state index contributed by atoms with van der Waals surface area (Å²) in [6.07, 6.45) is -0.513. The van der Waals surface area contributed by atoms with Crippen molar-refractivity contribution in [3.05, 3.63) is 58.9 Å². The molecule has 0 bridgehead atoms. The van der Waals surface area contributed by atoms with E-state index in [4.69, 9.17) is 5.11 Å². The van der Waals surface area contributed by atoms with E-state index in [-0.39, 0.29) is 6.54 Å². The Labute approximate surface area is 146 Å². The maximum atomic E-state index is 13.6. The highest BCUT2D eigenvalue weighted by atomic mass is 19.1. The van der Waals surface area contributed by atoms with E-state index in [1.807, 2.05) is 5.32 Å². The van der Waals surface area contributed by atoms with Gasteiger partial charge in [-0.2, -0.15) is 0 Å². The maximum Gasteiger partial charge on any atom is 0.407 e. The van der Waals surface area contributed by atoms with Crippen LogP contribution in [0.2, 0.25) is 0 Å². The normalized spacial score (nSPS) is 13.1. The van der Waals surface area contributed by atoms with Gasteiger partial charge in [-0.05, 0) is 29.7 Å². The van der Waals surface area contributed by atoms with Crippen LogP contribution in [0.5, 0.6) is 0 Å². The van der Waals surface area contributed by atoms with Gasteiger partial charge < -0.3 is 20.6 Å². The number of rotatable bonds is 2. The van der Waals surface area contributed by atoms with E-state index in [1.54, 1.807) is 18.2 Å². The van der Waals surface area contributed by atoms with E-state index in [0.29, 0.717) is 30.8 Å². The van der Waals surface area contributed by atoms with Crippen molar-refractivity contribution >= 4 is 23.5 Å². The van der Waals surface area contributed by atoms with Crippen LogP contribution in [-0.2, 0) is 13.0 Å². The molecule has 3 amide bonds. The van der Waals surface area contributed by atoms with Crippen LogP contribution in [0.15, 0.2) is 30.3 Å². The lowest BCUT2D eigenvalue weighted by Gasteiger charge is -2.26. The third-order valence-electron chi connectivity index (χ3n) is 3.99. The van der Waals surface area contributed by atoms with Crippen molar-refractivity contribution in [3.8, 4) is 0 Å². The maximum absolute atomic E-state index is 13.6. The average Bonchev–Trinajstić information content (AvgIpc) is 2.57. The summed E-state index contributed by atoms with van der Waals surface area (Å²) in [5, 5.41) is 13.5. The van der Waals surface area contributed by atoms with Crippen molar-refractivity contribution in [2.45, 2.75) is 13.0 Å². The topological polar surface area (TPSA) is 81.7 Å². The molecule has 1 heterocycles. The van der Waals surface area contributed by atoms with Crippen LogP contribution in [-0.4, -0.2) is 28.7 Å². The number of nitrogens with one attached hydrogen (secondary N) is 2. The van der Waals surface area contributed by atoms with Crippen molar-refractivity contribution in [1.29, 1.82) is 0 Å². The van der Waals surface area contributed by atoms with Gasteiger partial charge in [0.25, 0.3) is 0 Å². The Morgan fingerprint density at radius 3 is 2.35 bits per heavy atom. The Kier molecular flexibility index (Phi) is 4.70. The first-order chi connectivity index (χ1) is 12.3. The highest BCUT2D eigenvalue weighted by molar-refractivity contribution is 6.00. The number of halogens is 3. The summed E-state index contributed by atoms with van der Waals surface area (Å²) in [5.74, 6) is -3.54. The van der Waals surface area contributed by atoms with E-state index in [1.165, 1.54) is 4.90 Å². The molecular formula is C17H14F3N3O3. The molecule has 2 aromatic carbocycles. The number of carbonyl (C=O) groups is 2. The van der Waals surface area contributed by atoms with Crippen LogP contribution < -0.4 is 10.6 Å². The second-order valence-corrected chi connectivity index (χ2v) is 5.76. The lowest BCUT2D eigenvalue weighted by atomic mass is 9.99. The summed E-state index contributed by atoms with van der Waals surface area (Å²) in [6.45, 7) is 0.590. The predicted molar refractivity (Wildman–Crippen MR) is 87.5 cm³/mol. The monoisotopic (exact) mass is 365 g/mol. The number of anilines is 2. The molecule has 9 heteroatoms. The molecule has 3 N–H and O–H groups in total. The second-order valence-electron chi connectivity index (χ2n) is 5.76. The van der Waals surface area contributed by atoms with E-state index in [2.05, 4.69) is 5.32 Å². The van der Waals surface area contributed by atoms with Crippen LogP contribution in [0, 0.1) is 17.5 Å². The van der Waals surface area contributed by atoms with Crippen LogP contribution in [0.4, 0.5) is 34.1 Å². The number of benzene rings is 2. The van der Waals surface area contributed by atoms with Gasteiger partial charge in [-0.1, -0.05) is 6.07 Å². The molecule has 1 aliphatic heterocycles. The quantitative estimate of drug-likeness (QED) is 0.757. The second kappa shape index (κ2) is 6.95. The smallest absolute Gasteiger partial charge is 0.407 e. The fourth-order valence-corrected chi connectivity index (χ4v) is 2.73. The molecule has 2 aromatic rings. The summed E-state index contributed by atoms with van der Waals surface area (Å²) in [4.78, 5) is 24.2. The molecule has 0 aromatic heterocycles. The molecule has 0 saturated heterocycles. The van der Waals surface area contributed by atoms with E-state index < -0.39 is 35.3 Å². The molecule has 0 unspecified atom stereocenters. The molecule has 0 radical (unpaired) electrons. The van der Waals surface area contributed by atoms with Crippen molar-refractivity contribution in [2.24, 2.45) is 0 Å². The highest BCUT2D eigenvalue weighted by Gasteiger charge is 2.20. The minimum Gasteiger partial charge on any atom is -0.465 e. The number of amides is 3. The Balaban J connectivity index is 1.70. The molecule has 1 aliphatic rings. The molecule has 3 rings (SSSR count). The van der Waals surface area contributed by atoms with Gasteiger partial charge >= 0.3 is 12.1 Å². The van der Waals surface area contributed by atoms with Crippen molar-refractivity contribution < 1.29 is 27.9 Å². The molecule has 0 fully saturated rings. The third kappa shape index (κ3) is 3.71. The van der Waals surface area contributed by atoms with Crippen molar-refractivity contribution in [3.63, 3.8) is 0 Å². The van der Waals surface area contributed by atoms with Gasteiger partial charge in [0.15, 0.2) is 11.6 Å². The fraction of sp³-hybridized carbons (Fsp3) is 0.176. The number of urea groups is 1. The molecule has 136 valence electrons. The van der Waals surface area contributed by atoms with Gasteiger partial charge in [0.2, 0.25) is 0 Å². The van der Waals surface area contributed by atoms with E-state index in [0.717, 1.165) is 11.1 Å². The summed E-state index contributed by atoms with van der Waals surface area (Å²) in [5.41, 5.74) is 1.33. The summed E-state index contributed by atoms with van der Waals surface area (Å²) >= 11 is 0. The number of nitrogens with zero attached hydrogens (tertiary/aromatic N) is 1. The Hall–Kier alpha value is -3.23. The van der Waals surface area contributed by atoms with Gasteiger partial charge in [0, 0.05) is 30.9 Å². The summed E-state index contributed by atoms with van der Waals surface area (Å²) in [6, 6.07) is 4.95. The Bertz CT molecular complexity index is 866. The SMILES string of the molecule is O=C(Nc1ccc2c(c1)CCN(C(=O)O)C2)Nc1c(F)cc(F)cc1F. The first kappa shape index (κ1) is 17.6. The van der Waals surface area contributed by atoms with E-state index in [9.17, 15) is 22.8 Å². The number of hydrogen-bond donors (Lipinski definition) is 3. The van der Waals surface area contributed by atoms with Crippen molar-refractivity contribution in [2.75, 3.05) is 17.2 Å². The third-order valence-corrected chi connectivity index (χ3v) is 3.99. The van der Waals surface area contributed by atoms with Crippen LogP contribution in [0.25, 0.3) is 0 Å². The minimum atomic E-state index is -1.23. The summed E-state index contributed by atoms with van der Waals surface area (Å²) in [7, 11) is 0. The average molecular weight is 365 g/mol. The molecule has 26 heavy (non-hydrogen) atoms. The van der Waals surface area contributed by atoms with Gasteiger partial charge in [0.05, 0.1) is 0 Å². The van der Waals surface area contributed by atoms with Crippen molar-refractivity contribution in [1.82, 2.24) is 4.90 Å². The lowest BCUT2D eigenvalue weighted by Crippen LogP contribution is -2.34. The molecule has 0 spiro atoms. The predicted octanol–water partition coefficient (Wildman–Crippen LogP) is 3.78. The zero-order chi connectivity index (χ0) is 18.8. The van der Waals surface area contributed by atoms with Crippen LogP contribution in [0.3, 0.4) is 0 Å². The standard InChI is InChI=1S/C17H14F3N3O3/c18-11-6-13(19)15(14(20)7-11)22-16(24)21-12-2-1-10-8-23(17(25)26)4-3-9(10)5-12/h1-2,5-7H,3-4,8H2,(H,25,26)(H2,21,22,24). The zero-order valence-electron chi connectivity index (χ0n) is 13.4. The van der Waals surface area contributed by atoms with Crippen LogP contribution >= 0.6 is 0 Å². The Morgan fingerprint density at radius 2 is 1.69 bits per heavy atom. The first-order valence-corrected chi connectivity index (χ1v) is 7.65. The number of fused-ring (bicyclic) bond motifs is 1. The molecule has 0 saturated carbocycles. The lowest BCUT2D eigenvalue weighted by molar-refractivity contribution is 0.140. The Morgan fingerprint density at radius 1 is 1.00 bits per heavy atom. The number of hydrogen-bond acceptors (Lipinski definition) is 2. The molecular weight excluding hydrogens is 351 g/mol. The largest absolute Gasteiger partial charge is 0.465 e. The number of carboxylic acid groups (broad SMARTS) is 1. The van der Waals surface area contributed by atoms with Gasteiger partial charge in [0.1, 0.15) is 11.5 Å². The van der Waals surface area contributed by atoms with Gasteiger partial charge in [-0.15, -0.1) is 0 Å². The highest BCUT2D eigenvalue weighted by Crippen LogP contribution is 2.24. The van der Waals surface area contributed by atoms with Gasteiger partial charge in [-0.3, -0.25) is 0 Å². The minimum absolute atomic E-state index is 0.253. The molecule has 6 nitrogen and oxygen atoms in total. The number of carbonyl (C=O) groups excluding carboxylic acids is 1. The molecule has 0 aliphatic carbocycles. The molecule has 0 atom stereocenters. The summed E-state index contributed by atoms with van der Waals surface area (Å²) < 4.78 is 40.0. The van der Waals surface area contributed by atoms with Crippen LogP contribution in [0.1, 0.15) is 11.1 Å². The van der Waals surface area contributed by atoms with E-state index >= 15 is 0 Å². The first-order valence-electron chi connectivity index (χ1n) is 7.65. The fourth-order valence-electron chi connectivity index (χ4n) is 2.73.